The highest BCUT2D eigenvalue weighted by Crippen LogP contribution is 2.22. The van der Waals surface area contributed by atoms with Crippen LogP contribution in [0.25, 0.3) is 0 Å². The Kier molecular flexibility index (Phi) is 6.79. The number of aromatic nitrogens is 2. The van der Waals surface area contributed by atoms with Gasteiger partial charge in [0.15, 0.2) is 0 Å². The van der Waals surface area contributed by atoms with Crippen molar-refractivity contribution in [3.63, 3.8) is 0 Å². The molecule has 0 saturated carbocycles. The average Bonchev–Trinajstić information content (AvgIpc) is 2.76. The van der Waals surface area contributed by atoms with E-state index in [-0.39, 0.29) is 0 Å². The van der Waals surface area contributed by atoms with Crippen LogP contribution >= 0.6 is 11.8 Å². The van der Waals surface area contributed by atoms with Gasteiger partial charge in [0.25, 0.3) is 0 Å². The molecule has 0 saturated heterocycles. The predicted molar refractivity (Wildman–Crippen MR) is 81.2 cm³/mol. The quantitative estimate of drug-likeness (QED) is 0.783. The van der Waals surface area contributed by atoms with Crippen LogP contribution in [-0.4, -0.2) is 27.8 Å². The molecule has 1 rings (SSSR count). The molecule has 0 bridgehead atoms. The molecular formula is C14H27N3S. The molecule has 3 nitrogen and oxygen atoms in total. The number of nitrogens with zero attached hydrogens (tertiary/aromatic N) is 2. The highest BCUT2D eigenvalue weighted by molar-refractivity contribution is 7.99. The summed E-state index contributed by atoms with van der Waals surface area (Å²) in [5.74, 6) is 3.09. The van der Waals surface area contributed by atoms with Crippen molar-refractivity contribution in [1.82, 2.24) is 15.1 Å². The van der Waals surface area contributed by atoms with E-state index >= 15 is 0 Å². The zero-order valence-corrected chi connectivity index (χ0v) is 13.1. The molecule has 1 heterocycles. The lowest BCUT2D eigenvalue weighted by Crippen LogP contribution is -2.26. The lowest BCUT2D eigenvalue weighted by atomic mass is 10.2. The topological polar surface area (TPSA) is 29.9 Å². The molecule has 0 radical (unpaired) electrons. The van der Waals surface area contributed by atoms with Crippen LogP contribution in [-0.2, 0) is 0 Å². The molecular weight excluding hydrogens is 242 g/mol. The fraction of sp³-hybridized carbons (Fsp3) is 0.786. The lowest BCUT2D eigenvalue weighted by molar-refractivity contribution is 0.468. The molecule has 1 N–H and O–H groups in total. The van der Waals surface area contributed by atoms with Crippen LogP contribution in [0.5, 0.6) is 0 Å². The zero-order chi connectivity index (χ0) is 13.5. The van der Waals surface area contributed by atoms with Gasteiger partial charge in [0.2, 0.25) is 0 Å². The largest absolute Gasteiger partial charge is 0.308 e. The van der Waals surface area contributed by atoms with Crippen molar-refractivity contribution in [2.75, 3.05) is 18.1 Å². The minimum absolute atomic E-state index is 0.406. The Labute approximate surface area is 116 Å². The van der Waals surface area contributed by atoms with E-state index in [1.165, 1.54) is 11.4 Å². The number of thioether (sulfide) groups is 1. The van der Waals surface area contributed by atoms with E-state index in [2.05, 4.69) is 55.8 Å². The average molecular weight is 269 g/mol. The summed E-state index contributed by atoms with van der Waals surface area (Å²) in [7, 11) is 0. The molecule has 0 aliphatic carbocycles. The smallest absolute Gasteiger partial charge is 0.0583 e. The van der Waals surface area contributed by atoms with Crippen molar-refractivity contribution >= 4 is 11.8 Å². The molecule has 4 heteroatoms. The maximum absolute atomic E-state index is 4.43. The molecule has 18 heavy (non-hydrogen) atoms. The molecule has 104 valence electrons. The summed E-state index contributed by atoms with van der Waals surface area (Å²) in [6, 6.07) is 2.97. The van der Waals surface area contributed by atoms with Gasteiger partial charge in [-0.05, 0) is 38.1 Å². The predicted octanol–water partition coefficient (Wildman–Crippen LogP) is 3.50. The summed E-state index contributed by atoms with van der Waals surface area (Å²) >= 11 is 2.02. The molecule has 0 amide bonds. The molecule has 0 spiro atoms. The highest BCUT2D eigenvalue weighted by Gasteiger charge is 2.16. The summed E-state index contributed by atoms with van der Waals surface area (Å²) < 4.78 is 2.13. The Morgan fingerprint density at radius 2 is 2.00 bits per heavy atom. The van der Waals surface area contributed by atoms with E-state index < -0.39 is 0 Å². The van der Waals surface area contributed by atoms with Gasteiger partial charge in [0.05, 0.1) is 11.7 Å². The van der Waals surface area contributed by atoms with Gasteiger partial charge in [-0.2, -0.15) is 16.9 Å². The van der Waals surface area contributed by atoms with Gasteiger partial charge < -0.3 is 5.32 Å². The second-order valence-corrected chi connectivity index (χ2v) is 6.41. The summed E-state index contributed by atoms with van der Waals surface area (Å²) in [6.45, 7) is 12.1. The number of rotatable bonds is 8. The molecule has 1 unspecified atom stereocenters. The second kappa shape index (κ2) is 7.85. The third-order valence-electron chi connectivity index (χ3n) is 2.73. The van der Waals surface area contributed by atoms with Crippen LogP contribution in [0.15, 0.2) is 12.3 Å². The maximum atomic E-state index is 4.43. The van der Waals surface area contributed by atoms with Crippen molar-refractivity contribution in [2.24, 2.45) is 5.92 Å². The Bertz CT molecular complexity index is 334. The third-order valence-corrected chi connectivity index (χ3v) is 4.20. The van der Waals surface area contributed by atoms with E-state index in [4.69, 9.17) is 0 Å². The van der Waals surface area contributed by atoms with Gasteiger partial charge in [-0.1, -0.05) is 20.8 Å². The molecule has 1 aromatic heterocycles. The van der Waals surface area contributed by atoms with E-state index in [0.29, 0.717) is 12.1 Å². The first-order chi connectivity index (χ1) is 8.56. The van der Waals surface area contributed by atoms with Crippen LogP contribution in [0.4, 0.5) is 0 Å². The molecule has 0 aromatic carbocycles. The molecule has 0 aliphatic heterocycles. The number of hydrogen-bond donors (Lipinski definition) is 1. The molecule has 1 atom stereocenters. The Morgan fingerprint density at radius 1 is 1.28 bits per heavy atom. The van der Waals surface area contributed by atoms with Crippen molar-refractivity contribution in [3.05, 3.63) is 18.0 Å². The Hall–Kier alpha value is -0.480. The fourth-order valence-corrected chi connectivity index (χ4v) is 3.08. The maximum Gasteiger partial charge on any atom is 0.0583 e. The third kappa shape index (κ3) is 4.65. The van der Waals surface area contributed by atoms with Crippen LogP contribution in [0.3, 0.4) is 0 Å². The molecule has 0 fully saturated rings. The van der Waals surface area contributed by atoms with Crippen molar-refractivity contribution in [1.29, 1.82) is 0 Å². The van der Waals surface area contributed by atoms with Gasteiger partial charge in [-0.3, -0.25) is 4.68 Å². The van der Waals surface area contributed by atoms with Crippen molar-refractivity contribution in [2.45, 2.75) is 46.7 Å². The number of nitrogens with one attached hydrogen (secondary N) is 1. The Morgan fingerprint density at radius 3 is 2.56 bits per heavy atom. The fourth-order valence-electron chi connectivity index (χ4n) is 1.95. The molecule has 1 aromatic rings. The summed E-state index contributed by atoms with van der Waals surface area (Å²) in [5.41, 5.74) is 1.31. The number of hydrogen-bond acceptors (Lipinski definition) is 3. The summed E-state index contributed by atoms with van der Waals surface area (Å²) in [5, 5.41) is 8.00. The SMILES string of the molecule is CCNC(CSCC(C)C)c1ccnn1C(C)C. The zero-order valence-electron chi connectivity index (χ0n) is 12.3. The van der Waals surface area contributed by atoms with Gasteiger partial charge in [-0.15, -0.1) is 0 Å². The van der Waals surface area contributed by atoms with Crippen molar-refractivity contribution < 1.29 is 0 Å². The van der Waals surface area contributed by atoms with Gasteiger partial charge in [-0.25, -0.2) is 0 Å². The normalized spacial score (nSPS) is 13.5. The first kappa shape index (κ1) is 15.6. The summed E-state index contributed by atoms with van der Waals surface area (Å²) in [6.07, 6.45) is 1.91. The van der Waals surface area contributed by atoms with Gasteiger partial charge in [0.1, 0.15) is 0 Å². The van der Waals surface area contributed by atoms with E-state index in [1.807, 2.05) is 18.0 Å². The minimum atomic E-state index is 0.406. The first-order valence-electron chi connectivity index (χ1n) is 6.90. The monoisotopic (exact) mass is 269 g/mol. The molecule has 0 aliphatic rings. The van der Waals surface area contributed by atoms with E-state index in [1.54, 1.807) is 0 Å². The van der Waals surface area contributed by atoms with E-state index in [0.717, 1.165) is 18.2 Å². The minimum Gasteiger partial charge on any atom is -0.308 e. The lowest BCUT2D eigenvalue weighted by Gasteiger charge is -2.21. The van der Waals surface area contributed by atoms with Crippen molar-refractivity contribution in [3.8, 4) is 0 Å². The van der Waals surface area contributed by atoms with Crippen LogP contribution in [0, 0.1) is 5.92 Å². The highest BCUT2D eigenvalue weighted by atomic mass is 32.2. The van der Waals surface area contributed by atoms with Crippen LogP contribution in [0.1, 0.15) is 52.4 Å². The second-order valence-electron chi connectivity index (χ2n) is 5.34. The van der Waals surface area contributed by atoms with E-state index in [9.17, 15) is 0 Å². The van der Waals surface area contributed by atoms with Crippen LogP contribution in [0.2, 0.25) is 0 Å². The summed E-state index contributed by atoms with van der Waals surface area (Å²) in [4.78, 5) is 0. The Balaban J connectivity index is 2.67. The van der Waals surface area contributed by atoms with Gasteiger partial charge >= 0.3 is 0 Å². The van der Waals surface area contributed by atoms with Gasteiger partial charge in [0, 0.05) is 18.0 Å². The first-order valence-corrected chi connectivity index (χ1v) is 8.06. The standard InChI is InChI=1S/C14H27N3S/c1-6-15-13(10-18-9-11(2)3)14-7-8-16-17(14)12(4)5/h7-8,11-13,15H,6,9-10H2,1-5H3. The van der Waals surface area contributed by atoms with Crippen LogP contribution < -0.4 is 5.32 Å².